The van der Waals surface area contributed by atoms with Gasteiger partial charge in [0, 0.05) is 0 Å². The van der Waals surface area contributed by atoms with Crippen LogP contribution in [0, 0.1) is 0 Å². The quantitative estimate of drug-likeness (QED) is 0.840. The SMILES string of the molecule is CC(OC1CCC1)C(=O)Nc1ccc(C(F)(F)F)cc1N. The van der Waals surface area contributed by atoms with Gasteiger partial charge in [-0.25, -0.2) is 0 Å². The molecule has 7 heteroatoms. The van der Waals surface area contributed by atoms with E-state index in [4.69, 9.17) is 10.5 Å². The molecule has 0 heterocycles. The molecule has 4 nitrogen and oxygen atoms in total. The first-order valence-electron chi connectivity index (χ1n) is 6.70. The van der Waals surface area contributed by atoms with Crippen LogP contribution in [0.25, 0.3) is 0 Å². The minimum Gasteiger partial charge on any atom is -0.397 e. The summed E-state index contributed by atoms with van der Waals surface area (Å²) in [6.45, 7) is 1.61. The number of nitrogen functional groups attached to an aromatic ring is 1. The zero-order chi connectivity index (χ0) is 15.6. The predicted molar refractivity (Wildman–Crippen MR) is 72.7 cm³/mol. The van der Waals surface area contributed by atoms with Crippen LogP contribution in [0.3, 0.4) is 0 Å². The van der Waals surface area contributed by atoms with Gasteiger partial charge in [-0.05, 0) is 44.4 Å². The summed E-state index contributed by atoms with van der Waals surface area (Å²) in [5.74, 6) is -0.423. The van der Waals surface area contributed by atoms with E-state index in [1.165, 1.54) is 0 Å². The van der Waals surface area contributed by atoms with E-state index >= 15 is 0 Å². The van der Waals surface area contributed by atoms with Crippen LogP contribution in [-0.2, 0) is 15.7 Å². The fourth-order valence-electron chi connectivity index (χ4n) is 1.94. The van der Waals surface area contributed by atoms with Crippen LogP contribution < -0.4 is 11.1 Å². The summed E-state index contributed by atoms with van der Waals surface area (Å²) in [6, 6.07) is 2.82. The molecule has 1 fully saturated rings. The maximum absolute atomic E-state index is 12.5. The number of halogens is 3. The van der Waals surface area contributed by atoms with Crippen molar-refractivity contribution in [1.29, 1.82) is 0 Å². The van der Waals surface area contributed by atoms with Gasteiger partial charge in [-0.1, -0.05) is 0 Å². The molecule has 1 aromatic rings. The highest BCUT2D eigenvalue weighted by atomic mass is 19.4. The highest BCUT2D eigenvalue weighted by molar-refractivity contribution is 5.96. The number of alkyl halides is 3. The van der Waals surface area contributed by atoms with Gasteiger partial charge in [0.25, 0.3) is 5.91 Å². The van der Waals surface area contributed by atoms with Crippen LogP contribution in [0.5, 0.6) is 0 Å². The van der Waals surface area contributed by atoms with Crippen molar-refractivity contribution in [3.8, 4) is 0 Å². The molecular weight excluding hydrogens is 285 g/mol. The Bertz CT molecular complexity index is 527. The molecule has 1 aliphatic carbocycles. The number of carbonyl (C=O) groups excluding carboxylic acids is 1. The third-order valence-corrected chi connectivity index (χ3v) is 3.45. The molecule has 1 saturated carbocycles. The first-order valence-corrected chi connectivity index (χ1v) is 6.70. The molecule has 0 aliphatic heterocycles. The van der Waals surface area contributed by atoms with E-state index in [-0.39, 0.29) is 17.5 Å². The maximum atomic E-state index is 12.5. The summed E-state index contributed by atoms with van der Waals surface area (Å²) in [6.07, 6.45) is -2.09. The molecule has 1 atom stereocenters. The smallest absolute Gasteiger partial charge is 0.397 e. The van der Waals surface area contributed by atoms with Crippen LogP contribution in [0.15, 0.2) is 18.2 Å². The largest absolute Gasteiger partial charge is 0.416 e. The first-order chi connectivity index (χ1) is 9.77. The monoisotopic (exact) mass is 302 g/mol. The maximum Gasteiger partial charge on any atom is 0.416 e. The lowest BCUT2D eigenvalue weighted by Gasteiger charge is -2.28. The number of ether oxygens (including phenoxy) is 1. The summed E-state index contributed by atoms with van der Waals surface area (Å²) in [4.78, 5) is 11.9. The second kappa shape index (κ2) is 5.93. The minimum absolute atomic E-state index is 0.0932. The van der Waals surface area contributed by atoms with Crippen molar-refractivity contribution >= 4 is 17.3 Å². The van der Waals surface area contributed by atoms with E-state index < -0.39 is 23.8 Å². The molecule has 0 aromatic heterocycles. The molecule has 1 aliphatic rings. The molecule has 0 saturated heterocycles. The lowest BCUT2D eigenvalue weighted by atomic mass is 9.96. The Hall–Kier alpha value is -1.76. The normalized spacial score (nSPS) is 17.1. The second-order valence-electron chi connectivity index (χ2n) is 5.12. The van der Waals surface area contributed by atoms with Gasteiger partial charge in [-0.3, -0.25) is 4.79 Å². The molecular formula is C14H17F3N2O2. The number of anilines is 2. The van der Waals surface area contributed by atoms with Gasteiger partial charge < -0.3 is 15.8 Å². The van der Waals surface area contributed by atoms with Gasteiger partial charge in [0.2, 0.25) is 0 Å². The van der Waals surface area contributed by atoms with Gasteiger partial charge in [-0.15, -0.1) is 0 Å². The number of hydrogen-bond acceptors (Lipinski definition) is 3. The number of benzene rings is 1. The number of nitrogens with two attached hydrogens (primary N) is 1. The molecule has 116 valence electrons. The Kier molecular flexibility index (Phi) is 4.41. The average molecular weight is 302 g/mol. The van der Waals surface area contributed by atoms with Gasteiger partial charge in [0.15, 0.2) is 0 Å². The molecule has 3 N–H and O–H groups in total. The van der Waals surface area contributed by atoms with E-state index in [0.717, 1.165) is 37.5 Å². The van der Waals surface area contributed by atoms with Gasteiger partial charge in [0.1, 0.15) is 6.10 Å². The fraction of sp³-hybridized carbons (Fsp3) is 0.500. The van der Waals surface area contributed by atoms with Gasteiger partial charge in [-0.2, -0.15) is 13.2 Å². The van der Waals surface area contributed by atoms with Crippen molar-refractivity contribution < 1.29 is 22.7 Å². The second-order valence-corrected chi connectivity index (χ2v) is 5.12. The van der Waals surface area contributed by atoms with Crippen molar-refractivity contribution in [1.82, 2.24) is 0 Å². The van der Waals surface area contributed by atoms with Crippen LogP contribution in [-0.4, -0.2) is 18.1 Å². The Morgan fingerprint density at radius 3 is 2.57 bits per heavy atom. The Balaban J connectivity index is 2.00. The minimum atomic E-state index is -4.46. The topological polar surface area (TPSA) is 64.3 Å². The Morgan fingerprint density at radius 2 is 2.10 bits per heavy atom. The van der Waals surface area contributed by atoms with Crippen molar-refractivity contribution in [3.05, 3.63) is 23.8 Å². The molecule has 2 rings (SSSR count). The first kappa shape index (κ1) is 15.6. The number of hydrogen-bond donors (Lipinski definition) is 2. The summed E-state index contributed by atoms with van der Waals surface area (Å²) >= 11 is 0. The molecule has 0 bridgehead atoms. The molecule has 1 unspecified atom stereocenters. The third kappa shape index (κ3) is 3.87. The predicted octanol–water partition coefficient (Wildman–Crippen LogP) is 3.18. The van der Waals surface area contributed by atoms with Crippen molar-refractivity contribution in [2.75, 3.05) is 11.1 Å². The van der Waals surface area contributed by atoms with Crippen LogP contribution in [0.1, 0.15) is 31.7 Å². The molecule has 1 amide bonds. The van der Waals surface area contributed by atoms with Crippen molar-refractivity contribution in [2.24, 2.45) is 0 Å². The summed E-state index contributed by atoms with van der Waals surface area (Å²) in [5.41, 5.74) is 4.72. The standard InChI is InChI=1S/C14H17F3N2O2/c1-8(21-10-3-2-4-10)13(20)19-12-6-5-9(7-11(12)18)14(15,16)17/h5-8,10H,2-4,18H2,1H3,(H,19,20). The van der Waals surface area contributed by atoms with E-state index in [0.29, 0.717) is 0 Å². The number of rotatable bonds is 4. The van der Waals surface area contributed by atoms with Gasteiger partial charge >= 0.3 is 6.18 Å². The van der Waals surface area contributed by atoms with Crippen molar-refractivity contribution in [2.45, 2.75) is 44.6 Å². The Labute approximate surface area is 120 Å². The van der Waals surface area contributed by atoms with Crippen LogP contribution in [0.2, 0.25) is 0 Å². The zero-order valence-corrected chi connectivity index (χ0v) is 11.5. The van der Waals surface area contributed by atoms with E-state index in [9.17, 15) is 18.0 Å². The van der Waals surface area contributed by atoms with Crippen molar-refractivity contribution in [3.63, 3.8) is 0 Å². The molecule has 0 spiro atoms. The van der Waals surface area contributed by atoms with E-state index in [1.54, 1.807) is 6.92 Å². The van der Waals surface area contributed by atoms with E-state index in [2.05, 4.69) is 5.32 Å². The zero-order valence-electron chi connectivity index (χ0n) is 11.5. The van der Waals surface area contributed by atoms with E-state index in [1.807, 2.05) is 0 Å². The highest BCUT2D eigenvalue weighted by Crippen LogP contribution is 2.33. The lowest BCUT2D eigenvalue weighted by molar-refractivity contribution is -0.137. The summed E-state index contributed by atoms with van der Waals surface area (Å²) in [7, 11) is 0. The number of amides is 1. The highest BCUT2D eigenvalue weighted by Gasteiger charge is 2.31. The fourth-order valence-corrected chi connectivity index (χ4v) is 1.94. The summed E-state index contributed by atoms with van der Waals surface area (Å²) in [5, 5.41) is 2.49. The summed E-state index contributed by atoms with van der Waals surface area (Å²) < 4.78 is 43.1. The molecule has 1 aromatic carbocycles. The lowest BCUT2D eigenvalue weighted by Crippen LogP contribution is -2.34. The number of carbonyl (C=O) groups is 1. The average Bonchev–Trinajstić information content (AvgIpc) is 2.34. The number of nitrogens with one attached hydrogen (secondary N) is 1. The van der Waals surface area contributed by atoms with Crippen LogP contribution >= 0.6 is 0 Å². The van der Waals surface area contributed by atoms with Gasteiger partial charge in [0.05, 0.1) is 23.0 Å². The van der Waals surface area contributed by atoms with Crippen LogP contribution in [0.4, 0.5) is 24.5 Å². The Morgan fingerprint density at radius 1 is 1.43 bits per heavy atom. The molecule has 0 radical (unpaired) electrons. The molecule has 21 heavy (non-hydrogen) atoms. The third-order valence-electron chi connectivity index (χ3n) is 3.45.